The molecular weight excluding hydrogens is 349 g/mol. The van der Waals surface area contributed by atoms with Crippen molar-refractivity contribution in [2.24, 2.45) is 0 Å². The van der Waals surface area contributed by atoms with E-state index >= 15 is 0 Å². The fourth-order valence-corrected chi connectivity index (χ4v) is 3.09. The molecule has 1 atom stereocenters. The SMILES string of the molecule is CC(Nc1c(Cl)cc(Br)cc1Cl)c1cccc(O)c1. The van der Waals surface area contributed by atoms with Crippen molar-refractivity contribution in [2.75, 3.05) is 5.32 Å². The summed E-state index contributed by atoms with van der Waals surface area (Å²) in [7, 11) is 0. The molecule has 0 radical (unpaired) electrons. The monoisotopic (exact) mass is 359 g/mol. The van der Waals surface area contributed by atoms with E-state index in [2.05, 4.69) is 21.2 Å². The third-order valence-corrected chi connectivity index (χ3v) is 3.79. The molecule has 0 amide bonds. The lowest BCUT2D eigenvalue weighted by Crippen LogP contribution is -2.07. The van der Waals surface area contributed by atoms with Gasteiger partial charge in [0, 0.05) is 10.5 Å². The van der Waals surface area contributed by atoms with Crippen LogP contribution in [0.15, 0.2) is 40.9 Å². The minimum atomic E-state index is -0.0247. The maximum absolute atomic E-state index is 9.49. The molecule has 5 heteroatoms. The minimum absolute atomic E-state index is 0.0247. The Morgan fingerprint density at radius 3 is 2.37 bits per heavy atom. The van der Waals surface area contributed by atoms with Gasteiger partial charge in [-0.2, -0.15) is 0 Å². The first-order valence-corrected chi connectivity index (χ1v) is 7.22. The highest BCUT2D eigenvalue weighted by Crippen LogP contribution is 2.36. The van der Waals surface area contributed by atoms with E-state index < -0.39 is 0 Å². The third kappa shape index (κ3) is 3.56. The Kier molecular flexibility index (Phi) is 4.61. The second kappa shape index (κ2) is 6.04. The molecule has 2 nitrogen and oxygen atoms in total. The third-order valence-electron chi connectivity index (χ3n) is 2.74. The lowest BCUT2D eigenvalue weighted by atomic mass is 10.1. The van der Waals surface area contributed by atoms with E-state index in [9.17, 15) is 5.11 Å². The van der Waals surface area contributed by atoms with Crippen LogP contribution in [-0.4, -0.2) is 5.11 Å². The Bertz CT molecular complexity index is 581. The van der Waals surface area contributed by atoms with Gasteiger partial charge in [0.15, 0.2) is 0 Å². The van der Waals surface area contributed by atoms with E-state index in [0.29, 0.717) is 15.7 Å². The zero-order valence-electron chi connectivity index (χ0n) is 10.1. The molecule has 0 heterocycles. The number of phenolic OH excluding ortho intramolecular Hbond substituents is 1. The van der Waals surface area contributed by atoms with Gasteiger partial charge in [0.25, 0.3) is 0 Å². The molecular formula is C14H12BrCl2NO. The van der Waals surface area contributed by atoms with Crippen molar-refractivity contribution >= 4 is 44.8 Å². The lowest BCUT2D eigenvalue weighted by Gasteiger charge is -2.18. The molecule has 0 bridgehead atoms. The molecule has 0 aromatic heterocycles. The van der Waals surface area contributed by atoms with Gasteiger partial charge in [-0.1, -0.05) is 51.3 Å². The summed E-state index contributed by atoms with van der Waals surface area (Å²) in [6.45, 7) is 1.98. The Labute approximate surface area is 130 Å². The van der Waals surface area contributed by atoms with Crippen molar-refractivity contribution in [3.8, 4) is 5.75 Å². The fourth-order valence-electron chi connectivity index (χ4n) is 1.77. The first-order chi connectivity index (χ1) is 8.97. The van der Waals surface area contributed by atoms with Crippen LogP contribution in [0.4, 0.5) is 5.69 Å². The molecule has 0 spiro atoms. The predicted octanol–water partition coefficient (Wildman–Crippen LogP) is 5.63. The molecule has 2 rings (SSSR count). The van der Waals surface area contributed by atoms with Gasteiger partial charge in [0.1, 0.15) is 5.75 Å². The highest BCUT2D eigenvalue weighted by atomic mass is 79.9. The molecule has 0 saturated heterocycles. The number of hydrogen-bond acceptors (Lipinski definition) is 2. The molecule has 2 N–H and O–H groups in total. The maximum atomic E-state index is 9.49. The standard InChI is InChI=1S/C14H12BrCl2NO/c1-8(9-3-2-4-11(19)5-9)18-14-12(16)6-10(15)7-13(14)17/h2-8,18-19H,1H3. The summed E-state index contributed by atoms with van der Waals surface area (Å²) in [5.41, 5.74) is 1.64. The van der Waals surface area contributed by atoms with Crippen LogP contribution in [0, 0.1) is 0 Å². The van der Waals surface area contributed by atoms with E-state index in [4.69, 9.17) is 23.2 Å². The summed E-state index contributed by atoms with van der Waals surface area (Å²) in [6, 6.07) is 10.6. The smallest absolute Gasteiger partial charge is 0.115 e. The van der Waals surface area contributed by atoms with Gasteiger partial charge in [-0.3, -0.25) is 0 Å². The van der Waals surface area contributed by atoms with Crippen LogP contribution in [0.1, 0.15) is 18.5 Å². The van der Waals surface area contributed by atoms with Crippen molar-refractivity contribution in [2.45, 2.75) is 13.0 Å². The van der Waals surface area contributed by atoms with E-state index in [1.807, 2.05) is 13.0 Å². The molecule has 0 fully saturated rings. The summed E-state index contributed by atoms with van der Waals surface area (Å²) in [4.78, 5) is 0. The van der Waals surface area contributed by atoms with Crippen LogP contribution in [-0.2, 0) is 0 Å². The van der Waals surface area contributed by atoms with Gasteiger partial charge in [0.05, 0.1) is 15.7 Å². The first-order valence-electron chi connectivity index (χ1n) is 5.67. The van der Waals surface area contributed by atoms with Crippen molar-refractivity contribution in [3.05, 3.63) is 56.5 Å². The summed E-state index contributed by atoms with van der Waals surface area (Å²) >= 11 is 15.7. The Morgan fingerprint density at radius 2 is 1.79 bits per heavy atom. The van der Waals surface area contributed by atoms with Gasteiger partial charge >= 0.3 is 0 Å². The molecule has 2 aromatic carbocycles. The van der Waals surface area contributed by atoms with E-state index in [0.717, 1.165) is 10.0 Å². The predicted molar refractivity (Wildman–Crippen MR) is 84.3 cm³/mol. The average molecular weight is 361 g/mol. The van der Waals surface area contributed by atoms with Crippen LogP contribution in [0.3, 0.4) is 0 Å². The molecule has 1 unspecified atom stereocenters. The van der Waals surface area contributed by atoms with Crippen LogP contribution in [0.2, 0.25) is 10.0 Å². The zero-order valence-corrected chi connectivity index (χ0v) is 13.2. The van der Waals surface area contributed by atoms with Gasteiger partial charge in [0.2, 0.25) is 0 Å². The van der Waals surface area contributed by atoms with Gasteiger partial charge < -0.3 is 10.4 Å². The molecule has 0 aliphatic rings. The number of aromatic hydroxyl groups is 1. The molecule has 2 aromatic rings. The Hall–Kier alpha value is -0.900. The number of phenols is 1. The second-order valence-corrected chi connectivity index (χ2v) is 5.94. The average Bonchev–Trinajstić information content (AvgIpc) is 2.33. The Morgan fingerprint density at radius 1 is 1.16 bits per heavy atom. The van der Waals surface area contributed by atoms with Crippen LogP contribution >= 0.6 is 39.1 Å². The molecule has 0 aliphatic heterocycles. The summed E-state index contributed by atoms with van der Waals surface area (Å²) in [6.07, 6.45) is 0. The molecule has 0 saturated carbocycles. The van der Waals surface area contributed by atoms with Crippen molar-refractivity contribution in [1.82, 2.24) is 0 Å². The quantitative estimate of drug-likeness (QED) is 0.742. The van der Waals surface area contributed by atoms with E-state index in [-0.39, 0.29) is 11.8 Å². The minimum Gasteiger partial charge on any atom is -0.508 e. The molecule has 19 heavy (non-hydrogen) atoms. The van der Waals surface area contributed by atoms with E-state index in [1.54, 1.807) is 30.3 Å². The fraction of sp³-hybridized carbons (Fsp3) is 0.143. The van der Waals surface area contributed by atoms with Gasteiger partial charge in [-0.15, -0.1) is 0 Å². The topological polar surface area (TPSA) is 32.3 Å². The van der Waals surface area contributed by atoms with Crippen LogP contribution in [0.5, 0.6) is 5.75 Å². The molecule has 100 valence electrons. The van der Waals surface area contributed by atoms with Crippen molar-refractivity contribution in [1.29, 1.82) is 0 Å². The van der Waals surface area contributed by atoms with Gasteiger partial charge in [-0.25, -0.2) is 0 Å². The van der Waals surface area contributed by atoms with Crippen LogP contribution < -0.4 is 5.32 Å². The number of benzene rings is 2. The Balaban J connectivity index is 2.26. The van der Waals surface area contributed by atoms with E-state index in [1.165, 1.54) is 0 Å². The zero-order chi connectivity index (χ0) is 14.0. The normalized spacial score (nSPS) is 12.2. The maximum Gasteiger partial charge on any atom is 0.115 e. The van der Waals surface area contributed by atoms with Gasteiger partial charge in [-0.05, 0) is 36.8 Å². The number of anilines is 1. The van der Waals surface area contributed by atoms with Crippen molar-refractivity contribution in [3.63, 3.8) is 0 Å². The molecule has 0 aliphatic carbocycles. The number of nitrogens with one attached hydrogen (secondary N) is 1. The second-order valence-electron chi connectivity index (χ2n) is 4.21. The number of rotatable bonds is 3. The largest absolute Gasteiger partial charge is 0.508 e. The summed E-state index contributed by atoms with van der Waals surface area (Å²) < 4.78 is 0.832. The number of halogens is 3. The highest BCUT2D eigenvalue weighted by molar-refractivity contribution is 9.10. The highest BCUT2D eigenvalue weighted by Gasteiger charge is 2.12. The summed E-state index contributed by atoms with van der Waals surface area (Å²) in [5, 5.41) is 13.8. The summed E-state index contributed by atoms with van der Waals surface area (Å²) in [5.74, 6) is 0.235. The lowest BCUT2D eigenvalue weighted by molar-refractivity contribution is 0.474. The van der Waals surface area contributed by atoms with Crippen molar-refractivity contribution < 1.29 is 5.11 Å². The number of hydrogen-bond donors (Lipinski definition) is 2. The van der Waals surface area contributed by atoms with Crippen LogP contribution in [0.25, 0.3) is 0 Å². The first kappa shape index (κ1) is 14.5.